The van der Waals surface area contributed by atoms with Crippen LogP contribution in [0.25, 0.3) is 6.08 Å². The molecule has 5 nitrogen and oxygen atoms in total. The van der Waals surface area contributed by atoms with E-state index in [9.17, 15) is 4.79 Å². The lowest BCUT2D eigenvalue weighted by Crippen LogP contribution is -2.21. The van der Waals surface area contributed by atoms with Crippen molar-refractivity contribution in [3.05, 3.63) is 83.7 Å². The quantitative estimate of drug-likeness (QED) is 0.685. The SMILES string of the molecule is Cc1ccc(/C=C2/C(=O)N(c3ccccc3)N=C2c2ccco2)o1. The Labute approximate surface area is 138 Å². The lowest BCUT2D eigenvalue weighted by Gasteiger charge is -2.10. The number of benzene rings is 1. The molecular weight excluding hydrogens is 304 g/mol. The number of rotatable bonds is 3. The zero-order valence-corrected chi connectivity index (χ0v) is 13.0. The second-order valence-corrected chi connectivity index (χ2v) is 5.38. The molecule has 0 spiro atoms. The average molecular weight is 318 g/mol. The predicted octanol–water partition coefficient (Wildman–Crippen LogP) is 4.02. The molecule has 2 aromatic heterocycles. The first kappa shape index (κ1) is 14.3. The van der Waals surface area contributed by atoms with Crippen LogP contribution >= 0.6 is 0 Å². The molecule has 1 aliphatic heterocycles. The van der Waals surface area contributed by atoms with Gasteiger partial charge in [0.1, 0.15) is 17.2 Å². The van der Waals surface area contributed by atoms with E-state index in [1.165, 1.54) is 5.01 Å². The van der Waals surface area contributed by atoms with Crippen LogP contribution in [0.1, 0.15) is 17.3 Å². The van der Waals surface area contributed by atoms with Crippen LogP contribution in [0.4, 0.5) is 5.69 Å². The van der Waals surface area contributed by atoms with E-state index in [0.29, 0.717) is 28.5 Å². The predicted molar refractivity (Wildman–Crippen MR) is 90.6 cm³/mol. The van der Waals surface area contributed by atoms with Gasteiger partial charge in [-0.15, -0.1) is 0 Å². The van der Waals surface area contributed by atoms with Crippen molar-refractivity contribution >= 4 is 23.4 Å². The zero-order valence-electron chi connectivity index (χ0n) is 13.0. The summed E-state index contributed by atoms with van der Waals surface area (Å²) in [6, 6.07) is 16.5. The molecule has 5 heteroatoms. The highest BCUT2D eigenvalue weighted by atomic mass is 16.3. The molecule has 1 amide bonds. The number of hydrogen-bond acceptors (Lipinski definition) is 4. The number of anilines is 1. The van der Waals surface area contributed by atoms with Crippen LogP contribution in [0.5, 0.6) is 0 Å². The number of hydrazone groups is 1. The number of amides is 1. The first-order chi connectivity index (χ1) is 11.7. The van der Waals surface area contributed by atoms with Crippen molar-refractivity contribution in [1.82, 2.24) is 0 Å². The summed E-state index contributed by atoms with van der Waals surface area (Å²) < 4.78 is 11.0. The molecule has 0 bridgehead atoms. The average Bonchev–Trinajstić information content (AvgIpc) is 3.31. The van der Waals surface area contributed by atoms with Gasteiger partial charge in [0, 0.05) is 0 Å². The topological polar surface area (TPSA) is 59.0 Å². The summed E-state index contributed by atoms with van der Waals surface area (Å²) >= 11 is 0. The van der Waals surface area contributed by atoms with E-state index < -0.39 is 0 Å². The summed E-state index contributed by atoms with van der Waals surface area (Å²) in [6.07, 6.45) is 3.25. The highest BCUT2D eigenvalue weighted by Gasteiger charge is 2.33. The Morgan fingerprint density at radius 1 is 1.04 bits per heavy atom. The molecule has 3 aromatic rings. The van der Waals surface area contributed by atoms with Gasteiger partial charge in [0.15, 0.2) is 5.76 Å². The Hall–Kier alpha value is -3.34. The standard InChI is InChI=1S/C19H14N2O3/c1-13-9-10-15(24-13)12-16-18(17-8-5-11-23-17)20-21(19(16)22)14-6-3-2-4-7-14/h2-12H,1H3/b16-12+. The summed E-state index contributed by atoms with van der Waals surface area (Å²) in [6.45, 7) is 1.86. The maximum atomic E-state index is 12.9. The van der Waals surface area contributed by atoms with Gasteiger partial charge in [0.2, 0.25) is 0 Å². The monoisotopic (exact) mass is 318 g/mol. The van der Waals surface area contributed by atoms with Gasteiger partial charge in [0.05, 0.1) is 17.5 Å². The Morgan fingerprint density at radius 2 is 1.88 bits per heavy atom. The van der Waals surface area contributed by atoms with Gasteiger partial charge in [-0.1, -0.05) is 18.2 Å². The van der Waals surface area contributed by atoms with Gasteiger partial charge in [-0.05, 0) is 49.4 Å². The molecular formula is C19H14N2O3. The Morgan fingerprint density at radius 3 is 2.54 bits per heavy atom. The molecule has 24 heavy (non-hydrogen) atoms. The van der Waals surface area contributed by atoms with E-state index in [-0.39, 0.29) is 5.91 Å². The third kappa shape index (κ3) is 2.46. The van der Waals surface area contributed by atoms with Gasteiger partial charge in [0.25, 0.3) is 5.91 Å². The lowest BCUT2D eigenvalue weighted by atomic mass is 10.1. The first-order valence-electron chi connectivity index (χ1n) is 7.53. The number of aryl methyl sites for hydroxylation is 1. The van der Waals surface area contributed by atoms with Crippen molar-refractivity contribution in [2.75, 3.05) is 5.01 Å². The third-order valence-electron chi connectivity index (χ3n) is 3.68. The van der Waals surface area contributed by atoms with E-state index in [1.807, 2.05) is 49.4 Å². The molecule has 0 saturated heterocycles. The highest BCUT2D eigenvalue weighted by molar-refractivity contribution is 6.36. The van der Waals surface area contributed by atoms with Gasteiger partial charge in [-0.3, -0.25) is 4.79 Å². The van der Waals surface area contributed by atoms with Crippen LogP contribution in [0.2, 0.25) is 0 Å². The van der Waals surface area contributed by atoms with Crippen molar-refractivity contribution in [3.63, 3.8) is 0 Å². The lowest BCUT2D eigenvalue weighted by molar-refractivity contribution is -0.114. The van der Waals surface area contributed by atoms with Crippen LogP contribution in [0, 0.1) is 6.92 Å². The molecule has 0 unspecified atom stereocenters. The first-order valence-corrected chi connectivity index (χ1v) is 7.53. The fourth-order valence-electron chi connectivity index (χ4n) is 2.56. The summed E-state index contributed by atoms with van der Waals surface area (Å²) in [4.78, 5) is 12.9. The summed E-state index contributed by atoms with van der Waals surface area (Å²) in [5, 5.41) is 5.84. The molecule has 0 fully saturated rings. The normalized spacial score (nSPS) is 16.0. The van der Waals surface area contributed by atoms with Crippen molar-refractivity contribution in [3.8, 4) is 0 Å². The van der Waals surface area contributed by atoms with Crippen LogP contribution in [0.15, 0.2) is 80.4 Å². The highest BCUT2D eigenvalue weighted by Crippen LogP contribution is 2.28. The zero-order chi connectivity index (χ0) is 16.5. The van der Waals surface area contributed by atoms with E-state index in [1.54, 1.807) is 24.5 Å². The van der Waals surface area contributed by atoms with Gasteiger partial charge in [-0.25, -0.2) is 0 Å². The summed E-state index contributed by atoms with van der Waals surface area (Å²) in [7, 11) is 0. The van der Waals surface area contributed by atoms with E-state index >= 15 is 0 Å². The molecule has 0 atom stereocenters. The van der Waals surface area contributed by atoms with E-state index in [2.05, 4.69) is 5.10 Å². The van der Waals surface area contributed by atoms with Crippen LogP contribution in [-0.2, 0) is 4.79 Å². The van der Waals surface area contributed by atoms with E-state index in [4.69, 9.17) is 8.83 Å². The molecule has 118 valence electrons. The molecule has 3 heterocycles. The summed E-state index contributed by atoms with van der Waals surface area (Å²) in [5.41, 5.74) is 1.62. The molecule has 0 saturated carbocycles. The van der Waals surface area contributed by atoms with Gasteiger partial charge in [-0.2, -0.15) is 10.1 Å². The second kappa shape index (κ2) is 5.70. The fourth-order valence-corrected chi connectivity index (χ4v) is 2.56. The third-order valence-corrected chi connectivity index (χ3v) is 3.68. The number of para-hydroxylation sites is 1. The number of nitrogens with zero attached hydrogens (tertiary/aromatic N) is 2. The Kier molecular flexibility index (Phi) is 3.39. The minimum absolute atomic E-state index is 0.221. The van der Waals surface area contributed by atoms with Crippen molar-refractivity contribution in [2.24, 2.45) is 5.10 Å². The molecule has 0 radical (unpaired) electrons. The van der Waals surface area contributed by atoms with Crippen LogP contribution < -0.4 is 5.01 Å². The Bertz CT molecular complexity index is 934. The number of furan rings is 2. The molecule has 1 aromatic carbocycles. The second-order valence-electron chi connectivity index (χ2n) is 5.38. The van der Waals surface area contributed by atoms with E-state index in [0.717, 1.165) is 5.76 Å². The maximum Gasteiger partial charge on any atom is 0.281 e. The van der Waals surface area contributed by atoms with Crippen molar-refractivity contribution in [1.29, 1.82) is 0 Å². The molecule has 0 N–H and O–H groups in total. The number of hydrogen-bond donors (Lipinski definition) is 0. The van der Waals surface area contributed by atoms with Crippen molar-refractivity contribution < 1.29 is 13.6 Å². The van der Waals surface area contributed by atoms with Gasteiger partial charge < -0.3 is 8.83 Å². The fraction of sp³-hybridized carbons (Fsp3) is 0.0526. The van der Waals surface area contributed by atoms with Crippen LogP contribution in [0.3, 0.4) is 0 Å². The van der Waals surface area contributed by atoms with Crippen LogP contribution in [-0.4, -0.2) is 11.6 Å². The maximum absolute atomic E-state index is 12.9. The summed E-state index contributed by atoms with van der Waals surface area (Å²) in [5.74, 6) is 1.70. The largest absolute Gasteiger partial charge is 0.463 e. The van der Waals surface area contributed by atoms with Gasteiger partial charge >= 0.3 is 0 Å². The minimum Gasteiger partial charge on any atom is -0.463 e. The Balaban J connectivity index is 1.81. The minimum atomic E-state index is -0.221. The molecule has 4 rings (SSSR count). The number of carbonyl (C=O) groups excluding carboxylic acids is 1. The van der Waals surface area contributed by atoms with Crippen molar-refractivity contribution in [2.45, 2.75) is 6.92 Å². The molecule has 0 aliphatic carbocycles. The molecule has 1 aliphatic rings. The smallest absolute Gasteiger partial charge is 0.281 e. The number of carbonyl (C=O) groups is 1.